The van der Waals surface area contributed by atoms with E-state index >= 15 is 0 Å². The number of rotatable bonds is 6. The fourth-order valence-corrected chi connectivity index (χ4v) is 5.97. The average Bonchev–Trinajstić information content (AvgIpc) is 2.98. The Hall–Kier alpha value is -3.72. The molecular formula is C30H32FN3O4S. The second kappa shape index (κ2) is 11.2. The predicted molar refractivity (Wildman–Crippen MR) is 151 cm³/mol. The molecule has 0 aliphatic carbocycles. The number of amides is 2. The molecule has 3 aromatic rings. The quantitative estimate of drug-likeness (QED) is 0.411. The van der Waals surface area contributed by atoms with E-state index in [1.54, 1.807) is 55.1 Å². The van der Waals surface area contributed by atoms with Gasteiger partial charge in [0, 0.05) is 49.4 Å². The Kier molecular flexibility index (Phi) is 7.70. The maximum atomic E-state index is 14.4. The van der Waals surface area contributed by atoms with Crippen LogP contribution in [0.1, 0.15) is 33.4 Å². The number of likely N-dealkylation sites (N-methyl/N-ethyl adjacent to an activating group) is 1. The zero-order valence-corrected chi connectivity index (χ0v) is 23.3. The van der Waals surface area contributed by atoms with Gasteiger partial charge >= 0.3 is 0 Å². The molecule has 39 heavy (non-hydrogen) atoms. The van der Waals surface area contributed by atoms with Crippen molar-refractivity contribution < 1.29 is 23.5 Å². The van der Waals surface area contributed by atoms with Gasteiger partial charge in [0.2, 0.25) is 5.91 Å². The molecule has 7 nitrogen and oxygen atoms in total. The SMILES string of the molecule is COc1cc2c(cc1OC)[C@H](C(=O)N1CCN(c3ccc(F)cc3)CC1)[C@H](c1ccc(SC)cc1)N(C)C2=O. The predicted octanol–water partition coefficient (Wildman–Crippen LogP) is 4.82. The Balaban J connectivity index is 1.52. The van der Waals surface area contributed by atoms with Crippen LogP contribution in [-0.4, -0.2) is 75.3 Å². The molecule has 2 atom stereocenters. The Morgan fingerprint density at radius 3 is 2.13 bits per heavy atom. The topological polar surface area (TPSA) is 62.3 Å². The number of thioether (sulfide) groups is 1. The molecule has 2 heterocycles. The summed E-state index contributed by atoms with van der Waals surface area (Å²) < 4.78 is 24.5. The molecule has 3 aromatic carbocycles. The third-order valence-corrected chi connectivity index (χ3v) is 8.42. The molecule has 1 fully saturated rings. The fraction of sp³-hybridized carbons (Fsp3) is 0.333. The average molecular weight is 550 g/mol. The highest BCUT2D eigenvalue weighted by Gasteiger charge is 2.45. The van der Waals surface area contributed by atoms with Crippen LogP contribution in [-0.2, 0) is 4.79 Å². The lowest BCUT2D eigenvalue weighted by atomic mass is 9.78. The third kappa shape index (κ3) is 5.03. The molecule has 204 valence electrons. The highest BCUT2D eigenvalue weighted by atomic mass is 32.2. The van der Waals surface area contributed by atoms with Gasteiger partial charge in [-0.25, -0.2) is 4.39 Å². The van der Waals surface area contributed by atoms with E-state index in [4.69, 9.17) is 9.47 Å². The van der Waals surface area contributed by atoms with Crippen molar-refractivity contribution in [3.8, 4) is 11.5 Å². The lowest BCUT2D eigenvalue weighted by Gasteiger charge is -2.43. The fourth-order valence-electron chi connectivity index (χ4n) is 5.57. The van der Waals surface area contributed by atoms with Crippen molar-refractivity contribution in [1.82, 2.24) is 9.80 Å². The van der Waals surface area contributed by atoms with Crippen LogP contribution >= 0.6 is 11.8 Å². The summed E-state index contributed by atoms with van der Waals surface area (Å²) in [4.78, 5) is 34.8. The van der Waals surface area contributed by atoms with E-state index in [-0.39, 0.29) is 17.6 Å². The molecule has 5 rings (SSSR count). The molecule has 0 unspecified atom stereocenters. The Labute approximate surface area is 232 Å². The minimum Gasteiger partial charge on any atom is -0.493 e. The molecule has 0 bridgehead atoms. The molecular weight excluding hydrogens is 517 g/mol. The van der Waals surface area contributed by atoms with Crippen LogP contribution in [0.2, 0.25) is 0 Å². The van der Waals surface area contributed by atoms with Crippen LogP contribution in [0.15, 0.2) is 65.6 Å². The summed E-state index contributed by atoms with van der Waals surface area (Å²) in [5, 5.41) is 0. The number of carbonyl (C=O) groups excluding carboxylic acids is 2. The zero-order chi connectivity index (χ0) is 27.7. The summed E-state index contributed by atoms with van der Waals surface area (Å²) in [5.74, 6) is -0.189. The van der Waals surface area contributed by atoms with Gasteiger partial charge in [0.1, 0.15) is 5.82 Å². The van der Waals surface area contributed by atoms with Gasteiger partial charge in [-0.3, -0.25) is 9.59 Å². The lowest BCUT2D eigenvalue weighted by molar-refractivity contribution is -0.134. The van der Waals surface area contributed by atoms with E-state index < -0.39 is 12.0 Å². The molecule has 1 saturated heterocycles. The highest BCUT2D eigenvalue weighted by Crippen LogP contribution is 2.46. The first-order valence-electron chi connectivity index (χ1n) is 12.8. The molecule has 2 aliphatic rings. The van der Waals surface area contributed by atoms with E-state index in [2.05, 4.69) is 4.90 Å². The van der Waals surface area contributed by atoms with Crippen molar-refractivity contribution >= 4 is 29.3 Å². The first kappa shape index (κ1) is 26.9. The molecule has 2 aliphatic heterocycles. The molecule has 9 heteroatoms. The standard InChI is InChI=1S/C30H32FN3O4S/c1-32-28(19-5-11-22(39-4)12-6-19)27(23-17-25(37-2)26(38-3)18-24(23)29(32)35)30(36)34-15-13-33(14-16-34)21-9-7-20(31)8-10-21/h5-12,17-18,27-28H,13-16H2,1-4H3/t27-,28-/m0/s1. The Morgan fingerprint density at radius 2 is 1.54 bits per heavy atom. The van der Waals surface area contributed by atoms with E-state index in [0.29, 0.717) is 48.8 Å². The van der Waals surface area contributed by atoms with Gasteiger partial charge in [-0.15, -0.1) is 11.8 Å². The molecule has 0 aromatic heterocycles. The number of carbonyl (C=O) groups is 2. The Morgan fingerprint density at radius 1 is 0.923 bits per heavy atom. The molecule has 0 saturated carbocycles. The van der Waals surface area contributed by atoms with Gasteiger partial charge in [0.05, 0.1) is 26.2 Å². The second-order valence-corrected chi connectivity index (χ2v) is 10.6. The van der Waals surface area contributed by atoms with Crippen molar-refractivity contribution in [2.45, 2.75) is 16.9 Å². The number of anilines is 1. The number of benzene rings is 3. The number of ether oxygens (including phenoxy) is 2. The van der Waals surface area contributed by atoms with Crippen LogP contribution in [0.4, 0.5) is 10.1 Å². The van der Waals surface area contributed by atoms with Crippen molar-refractivity contribution in [3.63, 3.8) is 0 Å². The number of piperazine rings is 1. The normalized spacial score (nSPS) is 19.1. The van der Waals surface area contributed by atoms with Crippen molar-refractivity contribution in [2.75, 3.05) is 58.6 Å². The zero-order valence-electron chi connectivity index (χ0n) is 22.5. The smallest absolute Gasteiger partial charge is 0.254 e. The van der Waals surface area contributed by atoms with Gasteiger partial charge in [0.15, 0.2) is 11.5 Å². The van der Waals surface area contributed by atoms with E-state index in [9.17, 15) is 14.0 Å². The van der Waals surface area contributed by atoms with Gasteiger partial charge in [-0.1, -0.05) is 12.1 Å². The summed E-state index contributed by atoms with van der Waals surface area (Å²) in [7, 11) is 4.83. The van der Waals surface area contributed by atoms with Crippen LogP contribution in [0.25, 0.3) is 0 Å². The number of hydrogen-bond acceptors (Lipinski definition) is 6. The number of methoxy groups -OCH3 is 2. The van der Waals surface area contributed by atoms with Crippen molar-refractivity contribution in [1.29, 1.82) is 0 Å². The minimum absolute atomic E-state index is 0.0412. The lowest BCUT2D eigenvalue weighted by Crippen LogP contribution is -2.53. The third-order valence-electron chi connectivity index (χ3n) is 7.68. The monoisotopic (exact) mass is 549 g/mol. The number of hydrogen-bond donors (Lipinski definition) is 0. The van der Waals surface area contributed by atoms with Gasteiger partial charge in [0.25, 0.3) is 5.91 Å². The Bertz CT molecular complexity index is 1360. The molecule has 0 radical (unpaired) electrons. The maximum Gasteiger partial charge on any atom is 0.254 e. The van der Waals surface area contributed by atoms with Crippen LogP contribution in [0.5, 0.6) is 11.5 Å². The first-order valence-corrected chi connectivity index (χ1v) is 14.0. The summed E-state index contributed by atoms with van der Waals surface area (Å²) in [6.07, 6.45) is 2.01. The van der Waals surface area contributed by atoms with Crippen LogP contribution in [0, 0.1) is 5.82 Å². The summed E-state index contributed by atoms with van der Waals surface area (Å²) in [5.41, 5.74) is 2.91. The van der Waals surface area contributed by atoms with Gasteiger partial charge in [-0.2, -0.15) is 0 Å². The van der Waals surface area contributed by atoms with E-state index in [1.807, 2.05) is 35.4 Å². The van der Waals surface area contributed by atoms with E-state index in [1.165, 1.54) is 19.2 Å². The van der Waals surface area contributed by atoms with Crippen molar-refractivity contribution in [2.24, 2.45) is 0 Å². The number of halogens is 1. The number of fused-ring (bicyclic) bond motifs is 1. The summed E-state index contributed by atoms with van der Waals surface area (Å²) >= 11 is 1.64. The number of nitrogens with zero attached hydrogens (tertiary/aromatic N) is 3. The molecule has 0 spiro atoms. The summed E-state index contributed by atoms with van der Waals surface area (Å²) in [6, 6.07) is 17.4. The second-order valence-electron chi connectivity index (χ2n) is 9.69. The highest BCUT2D eigenvalue weighted by molar-refractivity contribution is 7.98. The van der Waals surface area contributed by atoms with Gasteiger partial charge in [-0.05, 0) is 65.9 Å². The maximum absolute atomic E-state index is 14.4. The first-order chi connectivity index (χ1) is 18.9. The minimum atomic E-state index is -0.625. The van der Waals surface area contributed by atoms with Crippen molar-refractivity contribution in [3.05, 3.63) is 83.2 Å². The van der Waals surface area contributed by atoms with E-state index in [0.717, 1.165) is 16.1 Å². The molecule has 0 N–H and O–H groups in total. The van der Waals surface area contributed by atoms with Crippen LogP contribution in [0.3, 0.4) is 0 Å². The molecule has 2 amide bonds. The summed E-state index contributed by atoms with van der Waals surface area (Å²) in [6.45, 7) is 2.30. The van der Waals surface area contributed by atoms with Gasteiger partial charge < -0.3 is 24.2 Å². The van der Waals surface area contributed by atoms with Crippen LogP contribution < -0.4 is 14.4 Å². The largest absolute Gasteiger partial charge is 0.493 e.